The topological polar surface area (TPSA) is 114 Å². The molecule has 0 bridgehead atoms. The Morgan fingerprint density at radius 3 is 1.96 bits per heavy atom. The number of rotatable bonds is 14. The molecular weight excluding hydrogens is 608 g/mol. The standard InChI is InChI=1S/C34H36F4N2O6/c1-20(2)31(33(44)39-25(18-27(42)43)26(41)19-45-32-29(37)23(35)17-24(36)30(32)38)40-34(15-9-10-16-46-34)28(21-11-5-3-6-12-21)22-13-7-4-8-14-22/h3-8,11-14,17,20,25,28,31,40H,9-10,15-16,18-19H2,1-2H3,(H,39,44)(H,42,43)/t25-,31-,34?/m0/s1. The van der Waals surface area contributed by atoms with Crippen molar-refractivity contribution in [1.29, 1.82) is 0 Å². The molecule has 46 heavy (non-hydrogen) atoms. The van der Waals surface area contributed by atoms with Crippen LogP contribution >= 0.6 is 0 Å². The molecule has 3 aromatic rings. The number of carbonyl (C=O) groups is 3. The van der Waals surface area contributed by atoms with Gasteiger partial charge in [-0.1, -0.05) is 74.5 Å². The molecule has 1 aliphatic heterocycles. The fourth-order valence-electron chi connectivity index (χ4n) is 5.66. The van der Waals surface area contributed by atoms with Gasteiger partial charge in [0.1, 0.15) is 18.4 Å². The molecule has 0 aliphatic carbocycles. The minimum atomic E-state index is -1.86. The second kappa shape index (κ2) is 15.3. The zero-order chi connectivity index (χ0) is 33.4. The molecule has 8 nitrogen and oxygen atoms in total. The summed E-state index contributed by atoms with van der Waals surface area (Å²) in [4.78, 5) is 38.5. The minimum Gasteiger partial charge on any atom is -0.481 e. The molecular formula is C34H36F4N2O6. The van der Waals surface area contributed by atoms with Gasteiger partial charge in [0.05, 0.1) is 18.4 Å². The predicted octanol–water partition coefficient (Wildman–Crippen LogP) is 5.49. The maximum Gasteiger partial charge on any atom is 0.305 e. The van der Waals surface area contributed by atoms with E-state index in [1.807, 2.05) is 60.7 Å². The van der Waals surface area contributed by atoms with E-state index in [2.05, 4.69) is 10.6 Å². The normalized spacial score (nSPS) is 17.8. The Morgan fingerprint density at radius 1 is 0.913 bits per heavy atom. The minimum absolute atomic E-state index is 0.0190. The van der Waals surface area contributed by atoms with Gasteiger partial charge in [0.25, 0.3) is 0 Å². The van der Waals surface area contributed by atoms with Crippen molar-refractivity contribution in [3.63, 3.8) is 0 Å². The molecule has 1 fully saturated rings. The first-order valence-corrected chi connectivity index (χ1v) is 15.0. The van der Waals surface area contributed by atoms with Crippen molar-refractivity contribution in [3.8, 4) is 5.75 Å². The Labute approximate surface area is 264 Å². The zero-order valence-electron chi connectivity index (χ0n) is 25.4. The fourth-order valence-corrected chi connectivity index (χ4v) is 5.66. The first kappa shape index (κ1) is 34.6. The van der Waals surface area contributed by atoms with Gasteiger partial charge in [0.15, 0.2) is 23.2 Å². The molecule has 12 heteroatoms. The SMILES string of the molecule is CC(C)[C@H](NC1(C(c2ccccc2)c2ccccc2)CCCCO1)C(=O)N[C@@H](CC(=O)O)C(=O)COc1c(F)c(F)cc(F)c1F. The lowest BCUT2D eigenvalue weighted by molar-refractivity contribution is -0.144. The maximum atomic E-state index is 14.1. The molecule has 246 valence electrons. The lowest BCUT2D eigenvalue weighted by atomic mass is 9.78. The van der Waals surface area contributed by atoms with Crippen LogP contribution in [0.3, 0.4) is 0 Å². The summed E-state index contributed by atoms with van der Waals surface area (Å²) in [5.74, 6) is -12.7. The number of aliphatic carboxylic acids is 1. The van der Waals surface area contributed by atoms with E-state index in [0.717, 1.165) is 24.0 Å². The van der Waals surface area contributed by atoms with Crippen molar-refractivity contribution in [3.05, 3.63) is 101 Å². The van der Waals surface area contributed by atoms with Crippen LogP contribution in [0.25, 0.3) is 0 Å². The van der Waals surface area contributed by atoms with Crippen LogP contribution in [-0.2, 0) is 19.1 Å². The molecule has 3 atom stereocenters. The molecule has 1 amide bonds. The number of Topliss-reactive ketones (excluding diaryl/α,β-unsaturated/α-hetero) is 1. The van der Waals surface area contributed by atoms with Gasteiger partial charge in [-0.2, -0.15) is 8.78 Å². The highest BCUT2D eigenvalue weighted by Gasteiger charge is 2.46. The highest BCUT2D eigenvalue weighted by molar-refractivity contribution is 5.94. The Bertz CT molecular complexity index is 1450. The van der Waals surface area contributed by atoms with E-state index in [9.17, 15) is 37.1 Å². The van der Waals surface area contributed by atoms with Gasteiger partial charge in [-0.05, 0) is 36.3 Å². The van der Waals surface area contributed by atoms with E-state index in [4.69, 9.17) is 9.47 Å². The molecule has 3 aromatic carbocycles. The zero-order valence-corrected chi connectivity index (χ0v) is 25.4. The number of benzene rings is 3. The Kier molecular flexibility index (Phi) is 11.5. The number of amides is 1. The summed E-state index contributed by atoms with van der Waals surface area (Å²) in [5, 5.41) is 15.3. The molecule has 0 aromatic heterocycles. The van der Waals surface area contributed by atoms with E-state index in [0.29, 0.717) is 13.0 Å². The number of halogens is 4. The van der Waals surface area contributed by atoms with E-state index < -0.39 is 77.5 Å². The third-order valence-electron chi connectivity index (χ3n) is 7.90. The Hall–Kier alpha value is -4.29. The Balaban J connectivity index is 1.61. The van der Waals surface area contributed by atoms with Crippen LogP contribution in [-0.4, -0.2) is 53.8 Å². The van der Waals surface area contributed by atoms with E-state index in [1.165, 1.54) is 0 Å². The molecule has 0 spiro atoms. The summed E-state index contributed by atoms with van der Waals surface area (Å²) >= 11 is 0. The van der Waals surface area contributed by atoms with Crippen LogP contribution in [0.5, 0.6) is 5.75 Å². The number of carboxylic acids is 1. The smallest absolute Gasteiger partial charge is 0.305 e. The summed E-state index contributed by atoms with van der Waals surface area (Å²) in [5.41, 5.74) is 0.810. The molecule has 1 saturated heterocycles. The quantitative estimate of drug-likeness (QED) is 0.157. The van der Waals surface area contributed by atoms with Crippen molar-refractivity contribution >= 4 is 17.7 Å². The van der Waals surface area contributed by atoms with Gasteiger partial charge in [-0.3, -0.25) is 19.7 Å². The first-order valence-electron chi connectivity index (χ1n) is 15.0. The highest BCUT2D eigenvalue weighted by Crippen LogP contribution is 2.42. The summed E-state index contributed by atoms with van der Waals surface area (Å²) in [7, 11) is 0. The number of carboxylic acid groups (broad SMARTS) is 1. The average molecular weight is 645 g/mol. The van der Waals surface area contributed by atoms with Gasteiger partial charge >= 0.3 is 5.97 Å². The van der Waals surface area contributed by atoms with E-state index in [-0.39, 0.29) is 17.9 Å². The summed E-state index contributed by atoms with van der Waals surface area (Å²) in [6.07, 6.45) is 1.24. The summed E-state index contributed by atoms with van der Waals surface area (Å²) < 4.78 is 66.6. The number of hydrogen-bond acceptors (Lipinski definition) is 6. The van der Waals surface area contributed by atoms with Crippen LogP contribution < -0.4 is 15.4 Å². The number of ketones is 1. The second-order valence-corrected chi connectivity index (χ2v) is 11.5. The third-order valence-corrected chi connectivity index (χ3v) is 7.90. The molecule has 0 saturated carbocycles. The third kappa shape index (κ3) is 8.10. The largest absolute Gasteiger partial charge is 0.481 e. The highest BCUT2D eigenvalue weighted by atomic mass is 19.2. The van der Waals surface area contributed by atoms with E-state index in [1.54, 1.807) is 13.8 Å². The fraction of sp³-hybridized carbons (Fsp3) is 0.382. The van der Waals surface area contributed by atoms with Crippen molar-refractivity contribution in [1.82, 2.24) is 10.6 Å². The number of nitrogens with one attached hydrogen (secondary N) is 2. The lowest BCUT2D eigenvalue weighted by Gasteiger charge is -2.47. The van der Waals surface area contributed by atoms with Crippen molar-refractivity contribution in [2.75, 3.05) is 13.2 Å². The monoisotopic (exact) mass is 644 g/mol. The Morgan fingerprint density at radius 2 is 1.48 bits per heavy atom. The molecule has 1 heterocycles. The van der Waals surface area contributed by atoms with Crippen LogP contribution in [0.15, 0.2) is 66.7 Å². The molecule has 0 radical (unpaired) electrons. The lowest BCUT2D eigenvalue weighted by Crippen LogP contribution is -2.63. The van der Waals surface area contributed by atoms with Gasteiger partial charge in [-0.25, -0.2) is 8.78 Å². The van der Waals surface area contributed by atoms with Gasteiger partial charge in [0.2, 0.25) is 17.5 Å². The van der Waals surface area contributed by atoms with Crippen LogP contribution in [0.2, 0.25) is 0 Å². The van der Waals surface area contributed by atoms with E-state index >= 15 is 0 Å². The first-order chi connectivity index (χ1) is 21.9. The molecule has 1 unspecified atom stereocenters. The summed E-state index contributed by atoms with van der Waals surface area (Å²) in [6, 6.07) is 16.6. The number of carbonyl (C=O) groups excluding carboxylic acids is 2. The van der Waals surface area contributed by atoms with Crippen LogP contribution in [0.1, 0.15) is 56.6 Å². The van der Waals surface area contributed by atoms with Gasteiger partial charge in [0, 0.05) is 12.7 Å². The van der Waals surface area contributed by atoms with Crippen molar-refractivity contribution in [2.24, 2.45) is 5.92 Å². The van der Waals surface area contributed by atoms with Gasteiger partial charge in [-0.15, -0.1) is 0 Å². The molecule has 4 rings (SSSR count). The van der Waals surface area contributed by atoms with Gasteiger partial charge < -0.3 is 19.9 Å². The number of hydrogen-bond donors (Lipinski definition) is 3. The molecule has 3 N–H and O–H groups in total. The van der Waals surface area contributed by atoms with Crippen molar-refractivity contribution in [2.45, 2.75) is 63.3 Å². The van der Waals surface area contributed by atoms with Crippen LogP contribution in [0.4, 0.5) is 17.6 Å². The second-order valence-electron chi connectivity index (χ2n) is 11.5. The summed E-state index contributed by atoms with van der Waals surface area (Å²) in [6.45, 7) is 2.79. The average Bonchev–Trinajstić information content (AvgIpc) is 3.03. The predicted molar refractivity (Wildman–Crippen MR) is 160 cm³/mol. The maximum absolute atomic E-state index is 14.1. The van der Waals surface area contributed by atoms with Crippen molar-refractivity contribution < 1.29 is 46.5 Å². The number of ether oxygens (including phenoxy) is 2. The van der Waals surface area contributed by atoms with Crippen LogP contribution in [0, 0.1) is 29.2 Å². The molecule has 1 aliphatic rings.